The molecule has 1 aliphatic heterocycles. The maximum atomic E-state index is 12.0. The topological polar surface area (TPSA) is 105 Å². The number of benzene rings is 1. The maximum Gasteiger partial charge on any atom is 0.325 e. The molecule has 26 heavy (non-hydrogen) atoms. The number of anilines is 1. The Morgan fingerprint density at radius 3 is 2.58 bits per heavy atom. The highest BCUT2D eigenvalue weighted by atomic mass is 35.5. The van der Waals surface area contributed by atoms with Crippen LogP contribution in [0.25, 0.3) is 0 Å². The highest BCUT2D eigenvalue weighted by Gasteiger charge is 2.44. The lowest BCUT2D eigenvalue weighted by atomic mass is 10.1. The van der Waals surface area contributed by atoms with Crippen LogP contribution in [0, 0.1) is 0 Å². The van der Waals surface area contributed by atoms with Gasteiger partial charge in [0.2, 0.25) is 0 Å². The first-order valence-electron chi connectivity index (χ1n) is 7.65. The number of nitrogens with one attached hydrogen (secondary N) is 2. The number of carbonyl (C=O) groups excluding carboxylic acids is 4. The SMILES string of the molecule is CC1(C)NC(=O)N(CCC(=O)OCC(=O)Nc2cc(Cl)ccc2Cl)C1=O. The van der Waals surface area contributed by atoms with Crippen molar-refractivity contribution in [3.05, 3.63) is 28.2 Å². The summed E-state index contributed by atoms with van der Waals surface area (Å²) in [6.07, 6.45) is -0.222. The Labute approximate surface area is 159 Å². The predicted octanol–water partition coefficient (Wildman–Crippen LogP) is 2.20. The van der Waals surface area contributed by atoms with Crippen molar-refractivity contribution in [2.24, 2.45) is 0 Å². The smallest absolute Gasteiger partial charge is 0.325 e. The molecule has 8 nitrogen and oxygen atoms in total. The predicted molar refractivity (Wildman–Crippen MR) is 95.0 cm³/mol. The van der Waals surface area contributed by atoms with Crippen LogP contribution in [-0.4, -0.2) is 47.4 Å². The Morgan fingerprint density at radius 2 is 1.96 bits per heavy atom. The first kappa shape index (κ1) is 20.0. The molecule has 0 bridgehead atoms. The Balaban J connectivity index is 1.78. The summed E-state index contributed by atoms with van der Waals surface area (Å²) in [7, 11) is 0. The molecule has 0 aromatic heterocycles. The van der Waals surface area contributed by atoms with Gasteiger partial charge in [-0.15, -0.1) is 0 Å². The quantitative estimate of drug-likeness (QED) is 0.561. The summed E-state index contributed by atoms with van der Waals surface area (Å²) in [4.78, 5) is 48.2. The number of esters is 1. The zero-order valence-corrected chi connectivity index (χ0v) is 15.6. The third-order valence-electron chi connectivity index (χ3n) is 3.55. The Bertz CT molecular complexity index is 766. The fourth-order valence-corrected chi connectivity index (χ4v) is 2.56. The van der Waals surface area contributed by atoms with E-state index in [2.05, 4.69) is 10.6 Å². The van der Waals surface area contributed by atoms with Gasteiger partial charge in [-0.25, -0.2) is 4.79 Å². The minimum atomic E-state index is -1.00. The van der Waals surface area contributed by atoms with E-state index in [1.165, 1.54) is 12.1 Å². The van der Waals surface area contributed by atoms with Crippen LogP contribution in [0.15, 0.2) is 18.2 Å². The molecule has 1 aromatic carbocycles. The van der Waals surface area contributed by atoms with E-state index in [0.717, 1.165) is 4.90 Å². The molecule has 2 N–H and O–H groups in total. The van der Waals surface area contributed by atoms with E-state index in [1.807, 2.05) is 0 Å². The van der Waals surface area contributed by atoms with Crippen molar-refractivity contribution in [2.45, 2.75) is 25.8 Å². The second kappa shape index (κ2) is 7.92. The minimum Gasteiger partial charge on any atom is -0.456 e. The summed E-state index contributed by atoms with van der Waals surface area (Å²) in [5.41, 5.74) is -0.710. The number of urea groups is 1. The summed E-state index contributed by atoms with van der Waals surface area (Å²) in [5, 5.41) is 5.64. The number of hydrogen-bond acceptors (Lipinski definition) is 5. The van der Waals surface area contributed by atoms with E-state index in [-0.39, 0.29) is 18.0 Å². The van der Waals surface area contributed by atoms with Gasteiger partial charge in [0.15, 0.2) is 6.61 Å². The monoisotopic (exact) mass is 401 g/mol. The summed E-state index contributed by atoms with van der Waals surface area (Å²) < 4.78 is 4.83. The average Bonchev–Trinajstić information content (AvgIpc) is 2.75. The molecule has 10 heteroatoms. The van der Waals surface area contributed by atoms with E-state index >= 15 is 0 Å². The first-order valence-corrected chi connectivity index (χ1v) is 8.40. The summed E-state index contributed by atoms with van der Waals surface area (Å²) in [6.45, 7) is 2.47. The van der Waals surface area contributed by atoms with Crippen LogP contribution in [0.3, 0.4) is 0 Å². The maximum absolute atomic E-state index is 12.0. The standard InChI is InChI=1S/C16H17Cl2N3O5/c1-16(2)14(24)21(15(25)20-16)6-5-13(23)26-8-12(22)19-11-7-9(17)3-4-10(11)18/h3-4,7H,5-6,8H2,1-2H3,(H,19,22)(H,20,25). The Hall–Kier alpha value is -2.32. The number of hydrogen-bond donors (Lipinski definition) is 2. The van der Waals surface area contributed by atoms with Crippen molar-refractivity contribution in [1.29, 1.82) is 0 Å². The van der Waals surface area contributed by atoms with E-state index in [1.54, 1.807) is 19.9 Å². The highest BCUT2D eigenvalue weighted by molar-refractivity contribution is 6.35. The van der Waals surface area contributed by atoms with Crippen molar-refractivity contribution in [3.63, 3.8) is 0 Å². The van der Waals surface area contributed by atoms with Gasteiger partial charge in [-0.05, 0) is 32.0 Å². The number of amides is 4. The van der Waals surface area contributed by atoms with E-state index < -0.39 is 36.0 Å². The van der Waals surface area contributed by atoms with Crippen LogP contribution in [0.2, 0.25) is 10.0 Å². The van der Waals surface area contributed by atoms with Gasteiger partial charge < -0.3 is 15.4 Å². The van der Waals surface area contributed by atoms with Crippen molar-refractivity contribution >= 4 is 52.7 Å². The van der Waals surface area contributed by atoms with Gasteiger partial charge >= 0.3 is 12.0 Å². The van der Waals surface area contributed by atoms with Gasteiger partial charge in [-0.3, -0.25) is 19.3 Å². The molecule has 1 heterocycles. The molecule has 1 fully saturated rings. The van der Waals surface area contributed by atoms with Crippen LogP contribution in [0.1, 0.15) is 20.3 Å². The van der Waals surface area contributed by atoms with Crippen LogP contribution < -0.4 is 10.6 Å². The van der Waals surface area contributed by atoms with Crippen molar-refractivity contribution in [1.82, 2.24) is 10.2 Å². The van der Waals surface area contributed by atoms with Gasteiger partial charge in [-0.1, -0.05) is 23.2 Å². The Morgan fingerprint density at radius 1 is 1.27 bits per heavy atom. The first-order chi connectivity index (χ1) is 12.1. The largest absolute Gasteiger partial charge is 0.456 e. The average molecular weight is 402 g/mol. The molecule has 1 saturated heterocycles. The molecule has 2 rings (SSSR count). The normalized spacial score (nSPS) is 15.6. The number of rotatable bonds is 6. The molecule has 1 aliphatic rings. The van der Waals surface area contributed by atoms with Gasteiger partial charge in [0.25, 0.3) is 11.8 Å². The molecule has 0 radical (unpaired) electrons. The number of ether oxygens (including phenoxy) is 1. The highest BCUT2D eigenvalue weighted by Crippen LogP contribution is 2.25. The minimum absolute atomic E-state index is 0.130. The second-order valence-electron chi connectivity index (χ2n) is 6.09. The molecule has 0 unspecified atom stereocenters. The molecule has 0 saturated carbocycles. The Kier molecular flexibility index (Phi) is 6.09. The summed E-state index contributed by atoms with van der Waals surface area (Å²) in [6, 6.07) is 3.98. The number of nitrogens with zero attached hydrogens (tertiary/aromatic N) is 1. The molecule has 1 aromatic rings. The lowest BCUT2D eigenvalue weighted by Gasteiger charge is -2.15. The molecule has 140 valence electrons. The molecule has 4 amide bonds. The van der Waals surface area contributed by atoms with Gasteiger partial charge in [0, 0.05) is 11.6 Å². The van der Waals surface area contributed by atoms with Gasteiger partial charge in [0.1, 0.15) is 5.54 Å². The third-order valence-corrected chi connectivity index (χ3v) is 4.12. The fraction of sp³-hybridized carbons (Fsp3) is 0.375. The van der Waals surface area contributed by atoms with Crippen molar-refractivity contribution in [3.8, 4) is 0 Å². The number of halogens is 2. The molecular weight excluding hydrogens is 385 g/mol. The number of carbonyl (C=O) groups is 4. The van der Waals surface area contributed by atoms with Gasteiger partial charge in [-0.2, -0.15) is 0 Å². The zero-order chi connectivity index (χ0) is 19.5. The van der Waals surface area contributed by atoms with E-state index in [9.17, 15) is 19.2 Å². The zero-order valence-electron chi connectivity index (χ0n) is 14.1. The van der Waals surface area contributed by atoms with Crippen molar-refractivity contribution < 1.29 is 23.9 Å². The van der Waals surface area contributed by atoms with Crippen LogP contribution in [0.5, 0.6) is 0 Å². The van der Waals surface area contributed by atoms with Crippen LogP contribution in [-0.2, 0) is 19.1 Å². The molecule has 0 atom stereocenters. The lowest BCUT2D eigenvalue weighted by Crippen LogP contribution is -2.40. The van der Waals surface area contributed by atoms with E-state index in [4.69, 9.17) is 27.9 Å². The summed E-state index contributed by atoms with van der Waals surface area (Å²) >= 11 is 11.7. The fourth-order valence-electron chi connectivity index (χ4n) is 2.22. The van der Waals surface area contributed by atoms with E-state index in [0.29, 0.717) is 10.7 Å². The molecule has 0 spiro atoms. The lowest BCUT2D eigenvalue weighted by molar-refractivity contribution is -0.147. The van der Waals surface area contributed by atoms with Crippen LogP contribution in [0.4, 0.5) is 10.5 Å². The summed E-state index contributed by atoms with van der Waals surface area (Å²) in [5.74, 6) is -1.75. The second-order valence-corrected chi connectivity index (χ2v) is 6.94. The number of imide groups is 1. The van der Waals surface area contributed by atoms with Crippen molar-refractivity contribution in [2.75, 3.05) is 18.5 Å². The molecular formula is C16H17Cl2N3O5. The van der Waals surface area contributed by atoms with Gasteiger partial charge in [0.05, 0.1) is 17.1 Å². The van der Waals surface area contributed by atoms with Crippen LogP contribution >= 0.6 is 23.2 Å². The third kappa shape index (κ3) is 4.86. The molecule has 0 aliphatic carbocycles.